The predicted octanol–water partition coefficient (Wildman–Crippen LogP) is 4.35. The van der Waals surface area contributed by atoms with E-state index in [1.54, 1.807) is 19.1 Å². The van der Waals surface area contributed by atoms with Crippen LogP contribution in [0.25, 0.3) is 0 Å². The number of nitro groups is 1. The van der Waals surface area contributed by atoms with Gasteiger partial charge in [0.2, 0.25) is 5.91 Å². The highest BCUT2D eigenvalue weighted by Crippen LogP contribution is 2.31. The number of nitrogens with one attached hydrogen (secondary N) is 1. The molecule has 1 N–H and O–H groups in total. The Morgan fingerprint density at radius 1 is 1.12 bits per heavy atom. The fourth-order valence-corrected chi connectivity index (χ4v) is 3.99. The van der Waals surface area contributed by atoms with Crippen LogP contribution in [0, 0.1) is 10.1 Å². The molecule has 0 unspecified atom stereocenters. The second-order valence-electron chi connectivity index (χ2n) is 7.61. The third kappa shape index (κ3) is 5.92. The summed E-state index contributed by atoms with van der Waals surface area (Å²) in [5.41, 5.74) is 1.17. The highest BCUT2D eigenvalue weighted by Gasteiger charge is 2.23. The van der Waals surface area contributed by atoms with Crippen LogP contribution in [0.2, 0.25) is 5.02 Å². The minimum absolute atomic E-state index is 0.114. The summed E-state index contributed by atoms with van der Waals surface area (Å²) in [6.07, 6.45) is 1.40. The van der Waals surface area contributed by atoms with Gasteiger partial charge >= 0.3 is 5.69 Å². The first-order chi connectivity index (χ1) is 15.8. The molecule has 10 heteroatoms. The van der Waals surface area contributed by atoms with Crippen molar-refractivity contribution >= 4 is 40.5 Å². The summed E-state index contributed by atoms with van der Waals surface area (Å²) in [5.74, 6) is -0.202. The number of halogens is 1. The zero-order valence-electron chi connectivity index (χ0n) is 18.7. The van der Waals surface area contributed by atoms with Crippen molar-refractivity contribution in [3.05, 3.63) is 57.1 Å². The van der Waals surface area contributed by atoms with E-state index in [9.17, 15) is 19.7 Å². The molecule has 0 aliphatic carbocycles. The van der Waals surface area contributed by atoms with Gasteiger partial charge in [0.25, 0.3) is 5.91 Å². The van der Waals surface area contributed by atoms with E-state index < -0.39 is 10.8 Å². The molecule has 3 rings (SSSR count). The molecule has 0 saturated carbocycles. The van der Waals surface area contributed by atoms with Crippen molar-refractivity contribution < 1.29 is 19.2 Å². The van der Waals surface area contributed by atoms with Gasteiger partial charge < -0.3 is 19.9 Å². The number of nitro benzene ring substituents is 1. The molecule has 0 bridgehead atoms. The molecule has 0 spiro atoms. The first-order valence-corrected chi connectivity index (χ1v) is 11.3. The van der Waals surface area contributed by atoms with Crippen molar-refractivity contribution in [2.75, 3.05) is 43.0 Å². The fraction of sp³-hybridized carbons (Fsp3) is 0.391. The molecular weight excluding hydrogens is 448 g/mol. The first-order valence-electron chi connectivity index (χ1n) is 10.9. The monoisotopic (exact) mass is 474 g/mol. The average Bonchev–Trinajstić information content (AvgIpc) is 2.80. The van der Waals surface area contributed by atoms with Crippen LogP contribution in [0.3, 0.4) is 0 Å². The van der Waals surface area contributed by atoms with E-state index in [1.165, 1.54) is 18.2 Å². The smallest absolute Gasteiger partial charge is 0.311 e. The second kappa shape index (κ2) is 11.0. The molecule has 1 saturated heterocycles. The number of benzene rings is 2. The highest BCUT2D eigenvalue weighted by molar-refractivity contribution is 6.33. The Labute approximate surface area is 197 Å². The first kappa shape index (κ1) is 24.3. The Balaban J connectivity index is 1.67. The highest BCUT2D eigenvalue weighted by atomic mass is 35.5. The lowest BCUT2D eigenvalue weighted by molar-refractivity contribution is -0.385. The minimum Gasteiger partial charge on any atom is -0.487 e. The van der Waals surface area contributed by atoms with Crippen molar-refractivity contribution in [1.29, 1.82) is 0 Å². The number of ether oxygens (including phenoxy) is 1. The summed E-state index contributed by atoms with van der Waals surface area (Å²) >= 11 is 6.48. The van der Waals surface area contributed by atoms with Gasteiger partial charge in [0.15, 0.2) is 5.75 Å². The average molecular weight is 475 g/mol. The van der Waals surface area contributed by atoms with Gasteiger partial charge in [-0.15, -0.1) is 0 Å². The SMILES string of the molecule is CCCC(=O)N1CCN(c2ccc(NC(=O)c3ccc(OCC)c([N+](=O)[O-])c3)cc2Cl)CC1. The van der Waals surface area contributed by atoms with Crippen LogP contribution in [-0.2, 0) is 4.79 Å². The molecule has 2 aromatic carbocycles. The molecule has 0 radical (unpaired) electrons. The Kier molecular flexibility index (Phi) is 8.11. The number of nitrogens with zero attached hydrogens (tertiary/aromatic N) is 3. The molecule has 176 valence electrons. The summed E-state index contributed by atoms with van der Waals surface area (Å²) in [4.78, 5) is 39.4. The summed E-state index contributed by atoms with van der Waals surface area (Å²) in [5, 5.41) is 14.5. The largest absolute Gasteiger partial charge is 0.487 e. The van der Waals surface area contributed by atoms with Crippen LogP contribution in [-0.4, -0.2) is 54.4 Å². The zero-order chi connectivity index (χ0) is 24.0. The van der Waals surface area contributed by atoms with Gasteiger partial charge in [0.05, 0.1) is 22.2 Å². The number of anilines is 2. The third-order valence-electron chi connectivity index (χ3n) is 5.36. The number of carbonyl (C=O) groups is 2. The lowest BCUT2D eigenvalue weighted by Gasteiger charge is -2.36. The van der Waals surface area contributed by atoms with E-state index in [2.05, 4.69) is 10.2 Å². The van der Waals surface area contributed by atoms with E-state index in [0.717, 1.165) is 12.1 Å². The van der Waals surface area contributed by atoms with Crippen LogP contribution in [0.15, 0.2) is 36.4 Å². The molecule has 0 atom stereocenters. The van der Waals surface area contributed by atoms with Crippen LogP contribution in [0.5, 0.6) is 5.75 Å². The Morgan fingerprint density at radius 3 is 2.45 bits per heavy atom. The fourth-order valence-electron chi connectivity index (χ4n) is 3.69. The molecule has 1 aliphatic rings. The standard InChI is InChI=1S/C23H27ClN4O5/c1-3-5-22(29)27-12-10-26(11-13-27)19-8-7-17(15-18(19)24)25-23(30)16-6-9-21(33-4-2)20(14-16)28(31)32/h6-9,14-15H,3-5,10-13H2,1-2H3,(H,25,30). The summed E-state index contributed by atoms with van der Waals surface area (Å²) < 4.78 is 5.25. The van der Waals surface area contributed by atoms with Crippen molar-refractivity contribution in [2.45, 2.75) is 26.7 Å². The number of rotatable bonds is 8. The molecule has 33 heavy (non-hydrogen) atoms. The maximum absolute atomic E-state index is 12.6. The number of carbonyl (C=O) groups excluding carboxylic acids is 2. The Hall–Kier alpha value is -3.33. The van der Waals surface area contributed by atoms with Gasteiger partial charge in [0.1, 0.15) is 0 Å². The number of piperazine rings is 1. The van der Waals surface area contributed by atoms with E-state index in [0.29, 0.717) is 43.3 Å². The van der Waals surface area contributed by atoms with E-state index in [1.807, 2.05) is 17.9 Å². The van der Waals surface area contributed by atoms with Gasteiger partial charge in [-0.1, -0.05) is 18.5 Å². The van der Waals surface area contributed by atoms with Crippen molar-refractivity contribution in [1.82, 2.24) is 4.90 Å². The second-order valence-corrected chi connectivity index (χ2v) is 8.02. The third-order valence-corrected chi connectivity index (χ3v) is 5.66. The Morgan fingerprint density at radius 2 is 1.85 bits per heavy atom. The van der Waals surface area contributed by atoms with Crippen molar-refractivity contribution in [3.8, 4) is 5.75 Å². The van der Waals surface area contributed by atoms with E-state index in [4.69, 9.17) is 16.3 Å². The van der Waals surface area contributed by atoms with Gasteiger partial charge in [0, 0.05) is 49.9 Å². The summed E-state index contributed by atoms with van der Waals surface area (Å²) in [7, 11) is 0. The maximum Gasteiger partial charge on any atom is 0.311 e. The summed E-state index contributed by atoms with van der Waals surface area (Å²) in [6, 6.07) is 9.28. The predicted molar refractivity (Wildman–Crippen MR) is 127 cm³/mol. The summed E-state index contributed by atoms with van der Waals surface area (Å²) in [6.45, 7) is 6.64. The van der Waals surface area contributed by atoms with E-state index >= 15 is 0 Å². The van der Waals surface area contributed by atoms with Crippen LogP contribution < -0.4 is 15.0 Å². The topological polar surface area (TPSA) is 105 Å². The zero-order valence-corrected chi connectivity index (χ0v) is 19.4. The molecule has 9 nitrogen and oxygen atoms in total. The molecule has 1 fully saturated rings. The molecule has 0 aromatic heterocycles. The number of hydrogen-bond acceptors (Lipinski definition) is 6. The molecule has 1 aliphatic heterocycles. The van der Waals surface area contributed by atoms with Gasteiger partial charge in [-0.3, -0.25) is 19.7 Å². The van der Waals surface area contributed by atoms with Crippen molar-refractivity contribution in [3.63, 3.8) is 0 Å². The minimum atomic E-state index is -0.580. The van der Waals surface area contributed by atoms with Crippen molar-refractivity contribution in [2.24, 2.45) is 0 Å². The molecule has 1 heterocycles. The van der Waals surface area contributed by atoms with Crippen LogP contribution >= 0.6 is 11.6 Å². The van der Waals surface area contributed by atoms with E-state index in [-0.39, 0.29) is 29.5 Å². The van der Waals surface area contributed by atoms with Gasteiger partial charge in [-0.05, 0) is 43.7 Å². The molecular formula is C23H27ClN4O5. The maximum atomic E-state index is 12.6. The van der Waals surface area contributed by atoms with Gasteiger partial charge in [-0.25, -0.2) is 0 Å². The van der Waals surface area contributed by atoms with Gasteiger partial charge in [-0.2, -0.15) is 0 Å². The molecule has 2 aromatic rings. The number of hydrogen-bond donors (Lipinski definition) is 1. The number of amides is 2. The lowest BCUT2D eigenvalue weighted by atomic mass is 10.1. The Bertz CT molecular complexity index is 1040. The lowest BCUT2D eigenvalue weighted by Crippen LogP contribution is -2.48. The quantitative estimate of drug-likeness (QED) is 0.450. The van der Waals surface area contributed by atoms with Crippen LogP contribution in [0.1, 0.15) is 37.0 Å². The molecule has 2 amide bonds. The normalized spacial score (nSPS) is 13.5. The van der Waals surface area contributed by atoms with Crippen LogP contribution in [0.4, 0.5) is 17.1 Å².